The van der Waals surface area contributed by atoms with E-state index in [0.29, 0.717) is 33.5 Å². The van der Waals surface area contributed by atoms with E-state index in [2.05, 4.69) is 25.8 Å². The number of nitrogens with one attached hydrogen (secondary N) is 2. The molecule has 58 heavy (non-hydrogen) atoms. The Morgan fingerprint density at radius 2 is 1.24 bits per heavy atom. The predicted molar refractivity (Wildman–Crippen MR) is 200 cm³/mol. The average Bonchev–Trinajstić information content (AvgIpc) is 3.80. The fraction of sp³-hybridized carbons (Fsp3) is 0.175. The van der Waals surface area contributed by atoms with Gasteiger partial charge in [0.15, 0.2) is 0 Å². The molecule has 0 aliphatic rings. The molecule has 2 amide bonds. The molecule has 0 unspecified atom stereocenters. The summed E-state index contributed by atoms with van der Waals surface area (Å²) in [5, 5.41) is 15.2. The second kappa shape index (κ2) is 16.3. The monoisotopic (exact) mass is 808 g/mol. The van der Waals surface area contributed by atoms with Gasteiger partial charge >= 0.3 is 12.4 Å². The van der Waals surface area contributed by atoms with E-state index in [-0.39, 0.29) is 29.6 Å². The van der Waals surface area contributed by atoms with Crippen LogP contribution in [-0.2, 0) is 23.7 Å². The van der Waals surface area contributed by atoms with Gasteiger partial charge in [-0.2, -0.15) is 36.5 Å². The Morgan fingerprint density at radius 3 is 1.74 bits per heavy atom. The molecule has 3 heterocycles. The summed E-state index contributed by atoms with van der Waals surface area (Å²) < 4.78 is 106. The molecule has 4 N–H and O–H groups in total. The quantitative estimate of drug-likeness (QED) is 0.104. The number of halogens is 8. The van der Waals surface area contributed by atoms with Gasteiger partial charge in [-0.1, -0.05) is 13.8 Å². The minimum absolute atomic E-state index is 0.0168. The van der Waals surface area contributed by atoms with E-state index in [0.717, 1.165) is 35.2 Å². The van der Waals surface area contributed by atoms with Gasteiger partial charge in [0.25, 0.3) is 12.3 Å². The van der Waals surface area contributed by atoms with Crippen LogP contribution in [0.25, 0.3) is 33.2 Å². The number of benzene rings is 4. The highest BCUT2D eigenvalue weighted by atomic mass is 19.4. The van der Waals surface area contributed by atoms with Gasteiger partial charge in [-0.3, -0.25) is 14.6 Å². The van der Waals surface area contributed by atoms with E-state index in [1.54, 1.807) is 56.6 Å². The first kappa shape index (κ1) is 40.8. The van der Waals surface area contributed by atoms with Crippen LogP contribution in [0, 0.1) is 5.92 Å². The Morgan fingerprint density at radius 1 is 0.724 bits per heavy atom. The molecule has 7 rings (SSSR count). The number of nitrogens with two attached hydrogens (primary N) is 1. The predicted octanol–water partition coefficient (Wildman–Crippen LogP) is 9.53. The number of alkyl halides is 8. The molecule has 0 aliphatic carbocycles. The summed E-state index contributed by atoms with van der Waals surface area (Å²) in [7, 11) is 0. The van der Waals surface area contributed by atoms with Gasteiger partial charge in [-0.25, -0.2) is 18.1 Å². The van der Waals surface area contributed by atoms with Crippen molar-refractivity contribution in [2.75, 3.05) is 11.1 Å². The van der Waals surface area contributed by atoms with Crippen molar-refractivity contribution in [1.82, 2.24) is 29.9 Å². The van der Waals surface area contributed by atoms with Crippen LogP contribution in [-0.4, -0.2) is 36.4 Å². The van der Waals surface area contributed by atoms with Crippen LogP contribution in [0.5, 0.6) is 0 Å². The molecular weight excluding hydrogens is 776 g/mol. The second-order valence-electron chi connectivity index (χ2n) is 13.2. The molecule has 0 fully saturated rings. The van der Waals surface area contributed by atoms with Crippen LogP contribution in [0.2, 0.25) is 0 Å². The summed E-state index contributed by atoms with van der Waals surface area (Å²) in [5.74, 6) is -1.33. The van der Waals surface area contributed by atoms with E-state index < -0.39 is 41.5 Å². The van der Waals surface area contributed by atoms with Crippen LogP contribution in [0.4, 0.5) is 46.5 Å². The molecule has 4 aromatic carbocycles. The number of fused-ring (bicyclic) bond motifs is 2. The maximum Gasteiger partial charge on any atom is 0.416 e. The van der Waals surface area contributed by atoms with Crippen molar-refractivity contribution in [2.45, 2.75) is 39.2 Å². The maximum atomic E-state index is 13.6. The highest BCUT2D eigenvalue weighted by Crippen LogP contribution is 2.31. The molecule has 7 aromatic rings. The highest BCUT2D eigenvalue weighted by molar-refractivity contribution is 6.06. The molecule has 300 valence electrons. The fourth-order valence-electron chi connectivity index (χ4n) is 5.58. The van der Waals surface area contributed by atoms with Crippen molar-refractivity contribution in [3.8, 4) is 11.4 Å². The summed E-state index contributed by atoms with van der Waals surface area (Å²) >= 11 is 0. The third-order valence-electron chi connectivity index (χ3n) is 8.63. The number of aromatic nitrogens is 5. The number of hydrogen-bond acceptors (Lipinski definition) is 6. The van der Waals surface area contributed by atoms with Crippen LogP contribution in [0.15, 0.2) is 110 Å². The number of anilines is 2. The molecule has 18 heteroatoms. The van der Waals surface area contributed by atoms with Crippen molar-refractivity contribution in [3.05, 3.63) is 138 Å². The van der Waals surface area contributed by atoms with E-state index in [4.69, 9.17) is 5.73 Å². The van der Waals surface area contributed by atoms with E-state index in [9.17, 15) is 44.7 Å². The molecule has 0 radical (unpaired) electrons. The highest BCUT2D eigenvalue weighted by Gasteiger charge is 2.31. The number of amides is 2. The summed E-state index contributed by atoms with van der Waals surface area (Å²) in [6, 6.07) is 20.5. The molecule has 3 aromatic heterocycles. The zero-order valence-corrected chi connectivity index (χ0v) is 30.4. The van der Waals surface area contributed by atoms with Gasteiger partial charge in [0.1, 0.15) is 5.69 Å². The van der Waals surface area contributed by atoms with Crippen molar-refractivity contribution in [1.29, 1.82) is 0 Å². The number of pyridine rings is 1. The first-order valence-electron chi connectivity index (χ1n) is 17.3. The smallest absolute Gasteiger partial charge is 0.399 e. The SMILES string of the molecule is CC(C)C(=O)NCc1cnc(C(F)F)c(C(=O)Nc2ccc3nn(-c4ccc(C(F)(F)F)cc4)cc3c2)c1.Nc1ccc2nn(-c3ccc(C(F)(F)F)cc3)cc2c1. The van der Waals surface area contributed by atoms with Crippen molar-refractivity contribution in [3.63, 3.8) is 0 Å². The van der Waals surface area contributed by atoms with E-state index in [1.807, 2.05) is 0 Å². The van der Waals surface area contributed by atoms with Gasteiger partial charge in [0.05, 0.1) is 39.1 Å². The summed E-state index contributed by atoms with van der Waals surface area (Å²) in [4.78, 5) is 28.5. The van der Waals surface area contributed by atoms with E-state index in [1.165, 1.54) is 52.0 Å². The largest absolute Gasteiger partial charge is 0.416 e. The number of nitrogen functional groups attached to an aromatic ring is 1. The number of nitrogens with zero attached hydrogens (tertiary/aromatic N) is 5. The fourth-order valence-corrected chi connectivity index (χ4v) is 5.58. The lowest BCUT2D eigenvalue weighted by Gasteiger charge is -2.12. The Bertz CT molecular complexity index is 2580. The lowest BCUT2D eigenvalue weighted by atomic mass is 10.1. The Labute approximate surface area is 324 Å². The molecule has 10 nitrogen and oxygen atoms in total. The molecule has 0 saturated heterocycles. The molecule has 0 aliphatic heterocycles. The van der Waals surface area contributed by atoms with Gasteiger partial charge in [-0.15, -0.1) is 0 Å². The van der Waals surface area contributed by atoms with Gasteiger partial charge in [0, 0.05) is 53.2 Å². The topological polar surface area (TPSA) is 133 Å². The summed E-state index contributed by atoms with van der Waals surface area (Å²) in [6.45, 7) is 3.43. The molecule has 0 spiro atoms. The lowest BCUT2D eigenvalue weighted by Crippen LogP contribution is -2.27. The normalized spacial score (nSPS) is 11.9. The van der Waals surface area contributed by atoms with Gasteiger partial charge in [-0.05, 0) is 96.6 Å². The van der Waals surface area contributed by atoms with Crippen LogP contribution in [0.3, 0.4) is 0 Å². The average molecular weight is 809 g/mol. The first-order chi connectivity index (χ1) is 27.3. The first-order valence-corrected chi connectivity index (χ1v) is 17.3. The molecule has 0 saturated carbocycles. The number of carbonyl (C=O) groups excluding carboxylic acids is 2. The number of carbonyl (C=O) groups is 2. The minimum atomic E-state index is -4.46. The Hall–Kier alpha value is -6.85. The Kier molecular flexibility index (Phi) is 11.5. The van der Waals surface area contributed by atoms with Crippen molar-refractivity contribution in [2.24, 2.45) is 5.92 Å². The molecule has 0 bridgehead atoms. The number of hydrogen-bond donors (Lipinski definition) is 3. The minimum Gasteiger partial charge on any atom is -0.399 e. The van der Waals surface area contributed by atoms with E-state index >= 15 is 0 Å². The van der Waals surface area contributed by atoms with Crippen molar-refractivity contribution >= 4 is 45.0 Å². The second-order valence-corrected chi connectivity index (χ2v) is 13.2. The Balaban J connectivity index is 0.000000237. The summed E-state index contributed by atoms with van der Waals surface area (Å²) in [5.41, 5.74) is 6.65. The molecule has 0 atom stereocenters. The third kappa shape index (κ3) is 9.56. The third-order valence-corrected chi connectivity index (χ3v) is 8.63. The van der Waals surface area contributed by atoms with Gasteiger partial charge in [0.2, 0.25) is 5.91 Å². The van der Waals surface area contributed by atoms with Crippen LogP contribution < -0.4 is 16.4 Å². The molecular formula is C40H32F8N8O2. The summed E-state index contributed by atoms with van der Waals surface area (Å²) in [6.07, 6.45) is -7.31. The maximum absolute atomic E-state index is 13.6. The van der Waals surface area contributed by atoms with Crippen LogP contribution in [0.1, 0.15) is 53.0 Å². The van der Waals surface area contributed by atoms with Gasteiger partial charge < -0.3 is 16.4 Å². The zero-order valence-electron chi connectivity index (χ0n) is 30.4. The van der Waals surface area contributed by atoms with Crippen molar-refractivity contribution < 1.29 is 44.7 Å². The van der Waals surface area contributed by atoms with Crippen LogP contribution >= 0.6 is 0 Å². The number of rotatable bonds is 8. The standard InChI is InChI=1S/C26H22F5N5O2.C14H10F3N3/c1-14(2)24(37)33-12-15-9-20(22(23(27)28)32-11-15)25(38)34-18-5-8-21-16(10-18)13-36(35-21)19-6-3-17(4-7-19)26(29,30)31;15-14(16,17)10-1-4-12(5-2-10)20-8-9-7-11(18)3-6-13(9)19-20/h3-11,13-14,23H,12H2,1-2H3,(H,33,37)(H,34,38);1-8H,18H2. The zero-order chi connectivity index (χ0) is 41.9. The lowest BCUT2D eigenvalue weighted by molar-refractivity contribution is -0.138.